The van der Waals surface area contributed by atoms with Crippen molar-refractivity contribution in [1.29, 1.82) is 0 Å². The lowest BCUT2D eigenvalue weighted by Gasteiger charge is -2.22. The van der Waals surface area contributed by atoms with Gasteiger partial charge in [0.25, 0.3) is 5.91 Å². The van der Waals surface area contributed by atoms with Crippen molar-refractivity contribution in [3.05, 3.63) is 52.6 Å². The van der Waals surface area contributed by atoms with Crippen molar-refractivity contribution in [2.75, 3.05) is 7.05 Å². The molecule has 0 spiro atoms. The van der Waals surface area contributed by atoms with Crippen molar-refractivity contribution in [2.45, 2.75) is 52.6 Å². The number of aromatic nitrogens is 1. The number of aliphatic imine (C=N–C) groups is 1. The maximum absolute atomic E-state index is 13.0. The van der Waals surface area contributed by atoms with Gasteiger partial charge >= 0.3 is 0 Å². The number of nitrogens with one attached hydrogen (secondary N) is 1. The van der Waals surface area contributed by atoms with Crippen LogP contribution in [0, 0.1) is 0 Å². The SMILES string of the molecule is C=N/C(NC1(C)CC1)=C(\C)C(C(=O)N(C)Cc1ccccn1)=C(C)C. The van der Waals surface area contributed by atoms with Gasteiger partial charge in [0.15, 0.2) is 0 Å². The van der Waals surface area contributed by atoms with Crippen molar-refractivity contribution in [2.24, 2.45) is 4.99 Å². The van der Waals surface area contributed by atoms with Gasteiger partial charge in [-0.15, -0.1) is 0 Å². The molecule has 1 aliphatic rings. The Hall–Kier alpha value is -2.43. The first kappa shape index (κ1) is 18.9. The predicted octanol–water partition coefficient (Wildman–Crippen LogP) is 3.45. The van der Waals surface area contributed by atoms with Gasteiger partial charge in [0, 0.05) is 29.9 Å². The monoisotopic (exact) mass is 340 g/mol. The normalized spacial score (nSPS) is 15.7. The molecule has 1 fully saturated rings. The van der Waals surface area contributed by atoms with E-state index in [4.69, 9.17) is 0 Å². The summed E-state index contributed by atoms with van der Waals surface area (Å²) in [4.78, 5) is 23.2. The summed E-state index contributed by atoms with van der Waals surface area (Å²) in [5.74, 6) is 0.655. The van der Waals surface area contributed by atoms with E-state index >= 15 is 0 Å². The van der Waals surface area contributed by atoms with E-state index in [2.05, 4.69) is 28.9 Å². The van der Waals surface area contributed by atoms with Crippen LogP contribution < -0.4 is 5.32 Å². The lowest BCUT2D eigenvalue weighted by molar-refractivity contribution is -0.126. The molecule has 1 aliphatic carbocycles. The first-order valence-electron chi connectivity index (χ1n) is 8.56. The van der Waals surface area contributed by atoms with Gasteiger partial charge in [-0.25, -0.2) is 4.99 Å². The van der Waals surface area contributed by atoms with Crippen molar-refractivity contribution in [1.82, 2.24) is 15.2 Å². The zero-order valence-electron chi connectivity index (χ0n) is 15.9. The number of rotatable bonds is 7. The summed E-state index contributed by atoms with van der Waals surface area (Å²) in [7, 11) is 1.80. The highest BCUT2D eigenvalue weighted by molar-refractivity contribution is 5.98. The Morgan fingerprint density at radius 3 is 2.52 bits per heavy atom. The van der Waals surface area contributed by atoms with Crippen LogP contribution in [-0.2, 0) is 11.3 Å². The maximum atomic E-state index is 13.0. The number of allylic oxidation sites excluding steroid dienone is 1. The average Bonchev–Trinajstić information content (AvgIpc) is 3.30. The van der Waals surface area contributed by atoms with E-state index in [9.17, 15) is 4.79 Å². The van der Waals surface area contributed by atoms with Gasteiger partial charge in [-0.2, -0.15) is 0 Å². The molecule has 0 radical (unpaired) electrons. The Morgan fingerprint density at radius 1 is 1.36 bits per heavy atom. The summed E-state index contributed by atoms with van der Waals surface area (Å²) in [5.41, 5.74) is 3.41. The van der Waals surface area contributed by atoms with Crippen molar-refractivity contribution < 1.29 is 4.79 Å². The number of hydrogen-bond donors (Lipinski definition) is 1. The van der Waals surface area contributed by atoms with Gasteiger partial charge in [0.05, 0.1) is 12.2 Å². The van der Waals surface area contributed by atoms with Gasteiger partial charge in [-0.1, -0.05) is 11.6 Å². The van der Waals surface area contributed by atoms with Crippen LogP contribution in [0.1, 0.15) is 46.2 Å². The van der Waals surface area contributed by atoms with E-state index in [0.29, 0.717) is 17.9 Å². The Morgan fingerprint density at radius 2 is 2.04 bits per heavy atom. The van der Waals surface area contributed by atoms with E-state index < -0.39 is 0 Å². The highest BCUT2D eigenvalue weighted by Gasteiger charge is 2.38. The summed E-state index contributed by atoms with van der Waals surface area (Å²) in [5, 5.41) is 3.43. The van der Waals surface area contributed by atoms with Gasteiger partial charge in [-0.05, 0) is 59.4 Å². The first-order chi connectivity index (χ1) is 11.8. The molecule has 0 saturated heterocycles. The number of carbonyl (C=O) groups excluding carboxylic acids is 1. The molecule has 25 heavy (non-hydrogen) atoms. The molecule has 5 heteroatoms. The standard InChI is InChI=1S/C20H28N4O/c1-14(2)17(15(3)18(21-5)23-20(4)10-11-20)19(25)24(6)13-16-9-7-8-12-22-16/h7-9,12,23H,5,10-11,13H2,1-4,6H3/b18-15-. The van der Waals surface area contributed by atoms with Crippen molar-refractivity contribution >= 4 is 12.6 Å². The van der Waals surface area contributed by atoms with Crippen LogP contribution in [0.4, 0.5) is 0 Å². The quantitative estimate of drug-likeness (QED) is 0.470. The van der Waals surface area contributed by atoms with Crippen LogP contribution in [0.5, 0.6) is 0 Å². The highest BCUT2D eigenvalue weighted by atomic mass is 16.2. The van der Waals surface area contributed by atoms with Crippen LogP contribution in [0.3, 0.4) is 0 Å². The molecule has 134 valence electrons. The number of hydrogen-bond acceptors (Lipinski definition) is 4. The Bertz CT molecular complexity index is 710. The smallest absolute Gasteiger partial charge is 0.254 e. The third-order valence-electron chi connectivity index (χ3n) is 4.49. The van der Waals surface area contributed by atoms with E-state index in [0.717, 1.165) is 29.7 Å². The van der Waals surface area contributed by atoms with E-state index in [-0.39, 0.29) is 11.4 Å². The molecule has 1 heterocycles. The lowest BCUT2D eigenvalue weighted by atomic mass is 10.0. The number of carbonyl (C=O) groups is 1. The molecule has 0 aliphatic heterocycles. The summed E-state index contributed by atoms with van der Waals surface area (Å²) < 4.78 is 0. The lowest BCUT2D eigenvalue weighted by Crippen LogP contribution is -2.31. The summed E-state index contributed by atoms with van der Waals surface area (Å²) in [6.07, 6.45) is 3.95. The third-order valence-corrected chi connectivity index (χ3v) is 4.49. The fourth-order valence-electron chi connectivity index (χ4n) is 2.72. The molecule has 0 aromatic carbocycles. The average molecular weight is 340 g/mol. The fraction of sp³-hybridized carbons (Fsp3) is 0.450. The zero-order chi connectivity index (χ0) is 18.6. The van der Waals surface area contributed by atoms with E-state index in [1.54, 1.807) is 18.1 Å². The molecule has 1 saturated carbocycles. The fourth-order valence-corrected chi connectivity index (χ4v) is 2.72. The minimum Gasteiger partial charge on any atom is -0.365 e. The number of pyridine rings is 1. The number of nitrogens with zero attached hydrogens (tertiary/aromatic N) is 3. The molecular weight excluding hydrogens is 312 g/mol. The van der Waals surface area contributed by atoms with Crippen molar-refractivity contribution in [3.8, 4) is 0 Å². The molecule has 1 N–H and O–H groups in total. The summed E-state index contributed by atoms with van der Waals surface area (Å²) >= 11 is 0. The largest absolute Gasteiger partial charge is 0.365 e. The van der Waals surface area contributed by atoms with Gasteiger partial charge in [-0.3, -0.25) is 9.78 Å². The van der Waals surface area contributed by atoms with Crippen LogP contribution in [-0.4, -0.2) is 35.1 Å². The van der Waals surface area contributed by atoms with Crippen LogP contribution in [0.25, 0.3) is 0 Å². The summed E-state index contributed by atoms with van der Waals surface area (Å²) in [6.45, 7) is 12.1. The first-order valence-corrected chi connectivity index (χ1v) is 8.56. The molecule has 1 aromatic rings. The second kappa shape index (κ2) is 7.64. The molecule has 1 amide bonds. The van der Waals surface area contributed by atoms with E-state index in [1.807, 2.05) is 39.0 Å². The maximum Gasteiger partial charge on any atom is 0.254 e. The van der Waals surface area contributed by atoms with Crippen LogP contribution in [0.2, 0.25) is 0 Å². The third kappa shape index (κ3) is 4.78. The highest BCUT2D eigenvalue weighted by Crippen LogP contribution is 2.36. The minimum atomic E-state index is -0.0351. The Balaban J connectivity index is 2.25. The predicted molar refractivity (Wildman–Crippen MR) is 102 cm³/mol. The Labute approximate surface area is 150 Å². The topological polar surface area (TPSA) is 57.6 Å². The van der Waals surface area contributed by atoms with Gasteiger partial charge < -0.3 is 10.2 Å². The molecular formula is C20H28N4O. The van der Waals surface area contributed by atoms with Gasteiger partial charge in [0.1, 0.15) is 5.82 Å². The van der Waals surface area contributed by atoms with E-state index in [1.165, 1.54) is 0 Å². The molecule has 0 unspecified atom stereocenters. The molecule has 5 nitrogen and oxygen atoms in total. The number of likely N-dealkylation sites (N-methyl/N-ethyl adjacent to an activating group) is 1. The molecule has 0 atom stereocenters. The van der Waals surface area contributed by atoms with Crippen LogP contribution in [0.15, 0.2) is 51.9 Å². The van der Waals surface area contributed by atoms with Crippen molar-refractivity contribution in [3.63, 3.8) is 0 Å². The molecule has 0 bridgehead atoms. The second-order valence-electron chi connectivity index (χ2n) is 7.17. The zero-order valence-corrected chi connectivity index (χ0v) is 15.9. The minimum absolute atomic E-state index is 0.0351. The molecule has 2 rings (SSSR count). The summed E-state index contributed by atoms with van der Waals surface area (Å²) in [6, 6.07) is 5.71. The van der Waals surface area contributed by atoms with Gasteiger partial charge in [0.2, 0.25) is 0 Å². The number of amides is 1. The van der Waals surface area contributed by atoms with Crippen LogP contribution >= 0.6 is 0 Å². The second-order valence-corrected chi connectivity index (χ2v) is 7.17. The Kier molecular flexibility index (Phi) is 5.77. The molecule has 1 aromatic heterocycles.